The zero-order valence-electron chi connectivity index (χ0n) is 24.7. The van der Waals surface area contributed by atoms with Gasteiger partial charge < -0.3 is 9.84 Å². The van der Waals surface area contributed by atoms with Crippen molar-refractivity contribution >= 4 is 57.2 Å². The fourth-order valence-corrected chi connectivity index (χ4v) is 6.40. The van der Waals surface area contributed by atoms with Crippen LogP contribution < -0.4 is 11.3 Å². The molecule has 7 rings (SSSR count). The molecule has 2 fully saturated rings. The Morgan fingerprint density at radius 2 is 1.78 bits per heavy atom. The van der Waals surface area contributed by atoms with Crippen molar-refractivity contribution in [1.29, 1.82) is 0 Å². The predicted molar refractivity (Wildman–Crippen MR) is 171 cm³/mol. The van der Waals surface area contributed by atoms with Crippen LogP contribution >= 0.6 is 0 Å². The second-order valence-corrected chi connectivity index (χ2v) is 12.2. The summed E-state index contributed by atoms with van der Waals surface area (Å²) in [6, 6.07) is 15.8. The topological polar surface area (TPSA) is 141 Å². The number of rotatable bonds is 10. The Hall–Kier alpha value is -2.71. The molecular weight excluding hydrogens is 599 g/mol. The number of hydrogen-bond donors (Lipinski definition) is 2. The van der Waals surface area contributed by atoms with Crippen molar-refractivity contribution in [2.45, 2.75) is 82.5 Å². The molecule has 0 amide bonds. The molecule has 0 unspecified atom stereocenters. The summed E-state index contributed by atoms with van der Waals surface area (Å²) >= 11 is 0. The summed E-state index contributed by atoms with van der Waals surface area (Å²) in [5.74, 6) is 0.371. The molecule has 45 heavy (non-hydrogen) atoms. The van der Waals surface area contributed by atoms with Gasteiger partial charge in [0.05, 0.1) is 24.0 Å². The molecule has 12 heteroatoms. The molecule has 0 atom stereocenters. The molecule has 230 valence electrons. The van der Waals surface area contributed by atoms with Crippen LogP contribution in [0.3, 0.4) is 0 Å². The molecule has 2 saturated carbocycles. The van der Waals surface area contributed by atoms with Crippen LogP contribution in [0.25, 0.3) is 28.3 Å². The van der Waals surface area contributed by atoms with Gasteiger partial charge in [0, 0.05) is 23.6 Å². The second-order valence-electron chi connectivity index (χ2n) is 12.2. The first-order valence-electron chi connectivity index (χ1n) is 15.5. The molecule has 3 aromatic heterocycles. The third-order valence-electron chi connectivity index (χ3n) is 9.01. The summed E-state index contributed by atoms with van der Waals surface area (Å²) < 4.78 is 14.5. The zero-order chi connectivity index (χ0) is 30.3. The Morgan fingerprint density at radius 3 is 2.44 bits per heavy atom. The average molecular weight is 637 g/mol. The van der Waals surface area contributed by atoms with E-state index in [1.54, 1.807) is 0 Å². The third kappa shape index (κ3) is 6.73. The monoisotopic (exact) mass is 636 g/mol. The Kier molecular flexibility index (Phi) is 9.72. The van der Waals surface area contributed by atoms with Crippen molar-refractivity contribution in [1.82, 2.24) is 29.3 Å². The van der Waals surface area contributed by atoms with E-state index in [-0.39, 0.29) is 69.1 Å². The van der Waals surface area contributed by atoms with Crippen LogP contribution in [0, 0.1) is 0 Å². The first-order valence-corrected chi connectivity index (χ1v) is 15.5. The van der Waals surface area contributed by atoms with E-state index in [1.807, 2.05) is 57.6 Å². The first-order chi connectivity index (χ1) is 21.4. The number of benzene rings is 2. The summed E-state index contributed by atoms with van der Waals surface area (Å²) in [5, 5.41) is 18.6. The van der Waals surface area contributed by atoms with E-state index >= 15 is 0 Å². The van der Waals surface area contributed by atoms with Gasteiger partial charge in [-0.1, -0.05) is 67.0 Å². The van der Waals surface area contributed by atoms with Crippen LogP contribution in [0.4, 0.5) is 0 Å². The number of hydrogen-bond acceptors (Lipinski definition) is 8. The van der Waals surface area contributed by atoms with Crippen LogP contribution in [0.5, 0.6) is 0 Å². The number of aromatic nitrogens is 6. The van der Waals surface area contributed by atoms with Crippen LogP contribution in [-0.2, 0) is 17.6 Å². The van der Waals surface area contributed by atoms with Gasteiger partial charge in [-0.15, -0.1) is 0 Å². The van der Waals surface area contributed by atoms with E-state index in [1.165, 1.54) is 6.33 Å². The summed E-state index contributed by atoms with van der Waals surface area (Å²) in [6.07, 6.45) is 8.63. The minimum absolute atomic E-state index is 0. The van der Waals surface area contributed by atoms with E-state index in [0.717, 1.165) is 84.9 Å². The van der Waals surface area contributed by atoms with Gasteiger partial charge in [-0.2, -0.15) is 10.1 Å². The van der Waals surface area contributed by atoms with Crippen LogP contribution in [0.2, 0.25) is 0 Å². The zero-order valence-corrected chi connectivity index (χ0v) is 24.7. The van der Waals surface area contributed by atoms with Gasteiger partial charge in [0.2, 0.25) is 5.78 Å². The third-order valence-corrected chi connectivity index (χ3v) is 9.01. The van der Waals surface area contributed by atoms with Gasteiger partial charge in [0.1, 0.15) is 6.33 Å². The Bertz CT molecular complexity index is 1900. The number of aliphatic hydroxyl groups is 1. The fourth-order valence-electron chi connectivity index (χ4n) is 6.40. The van der Waals surface area contributed by atoms with E-state index in [0.29, 0.717) is 24.6 Å². The minimum atomic E-state index is -0.621. The predicted octanol–water partition coefficient (Wildman–Crippen LogP) is 3.82. The van der Waals surface area contributed by atoms with Gasteiger partial charge in [0.25, 0.3) is 5.56 Å². The van der Waals surface area contributed by atoms with Gasteiger partial charge in [0.15, 0.2) is 5.82 Å². The maximum absolute atomic E-state index is 14.3. The normalized spacial score (nSPS) is 19.0. The average Bonchev–Trinajstić information content (AvgIpc) is 3.37. The number of ether oxygens (including phenoxy) is 1. The molecule has 0 bridgehead atoms. The Labute approximate surface area is 302 Å². The number of fused-ring (bicyclic) bond motifs is 1. The molecule has 3 heterocycles. The van der Waals surface area contributed by atoms with Crippen molar-refractivity contribution in [2.75, 3.05) is 6.61 Å². The summed E-state index contributed by atoms with van der Waals surface area (Å²) in [7, 11) is 0. The number of nitrogens with one attached hydrogen (secondary N) is 1. The number of H-pyrrole nitrogens is 1. The van der Waals surface area contributed by atoms with Crippen LogP contribution in [0.1, 0.15) is 74.7 Å². The van der Waals surface area contributed by atoms with Crippen LogP contribution in [0.15, 0.2) is 69.0 Å². The van der Waals surface area contributed by atoms with Crippen molar-refractivity contribution in [3.63, 3.8) is 0 Å². The molecular formula is C33H37KN6O5. The van der Waals surface area contributed by atoms with E-state index < -0.39 is 11.4 Å². The van der Waals surface area contributed by atoms with Crippen molar-refractivity contribution in [2.24, 2.45) is 0 Å². The van der Waals surface area contributed by atoms with Gasteiger partial charge in [-0.25, -0.2) is 9.31 Å². The fraction of sp³-hybridized carbons (Fsp3) is 0.424. The molecule has 0 saturated heterocycles. The molecule has 0 spiro atoms. The van der Waals surface area contributed by atoms with E-state index in [9.17, 15) is 14.7 Å². The van der Waals surface area contributed by atoms with Crippen molar-refractivity contribution < 1.29 is 14.4 Å². The van der Waals surface area contributed by atoms with Crippen molar-refractivity contribution in [3.05, 3.63) is 92.6 Å². The van der Waals surface area contributed by atoms with Crippen molar-refractivity contribution in [3.8, 4) is 22.5 Å². The Balaban J connectivity index is 0.00000357. The number of nitrogens with zero attached hydrogens (tertiary/aromatic N) is 5. The number of aromatic amines is 1. The molecule has 2 N–H and O–H groups in total. The summed E-state index contributed by atoms with van der Waals surface area (Å²) in [6.45, 7) is 2.50. The maximum atomic E-state index is 14.3. The second kappa shape index (κ2) is 13.6. The molecule has 2 aromatic carbocycles. The van der Waals surface area contributed by atoms with Crippen LogP contribution in [-0.4, -0.2) is 104 Å². The number of aryl methyl sites for hydroxylation is 1. The van der Waals surface area contributed by atoms with Gasteiger partial charge in [-0.05, 0) is 61.6 Å². The van der Waals surface area contributed by atoms with Gasteiger partial charge >= 0.3 is 57.1 Å². The van der Waals surface area contributed by atoms with E-state index in [2.05, 4.69) is 27.1 Å². The molecule has 2 aliphatic rings. The molecule has 0 radical (unpaired) electrons. The molecule has 0 aliphatic heterocycles. The standard InChI is InChI=1S/C33H36N6O5.K.H/c1-2-5-28-27(18-21-8-10-22(11-9-21)25-6-3-4-7-26(25)29-36-32(41)44-37-29)30(40)38(31-34-20-35-39(28)31)23-12-14-24(15-13-23)43-19-33(42)16-17-33;;/h3-4,6-11,20,23-24,42H,2,5,12-19H2,1H3,(H,36,37,41);;. The summed E-state index contributed by atoms with van der Waals surface area (Å²) in [5.41, 5.74) is 4.66. The SMILES string of the molecule is CCCc1c(Cc2ccc(-c3ccccc3-c3noc(=O)[nH]3)cc2)c(=O)n(C2CCC(OCC3(O)CC3)CC2)c2ncnn12.[KH]. The molecule has 2 aliphatic carbocycles. The molecule has 11 nitrogen and oxygen atoms in total. The quantitative estimate of drug-likeness (QED) is 0.221. The molecule has 5 aromatic rings. The van der Waals surface area contributed by atoms with Gasteiger partial charge in [-0.3, -0.25) is 18.9 Å². The first kappa shape index (κ1) is 32.2. The summed E-state index contributed by atoms with van der Waals surface area (Å²) in [4.78, 5) is 33.0. The Morgan fingerprint density at radius 1 is 1.04 bits per heavy atom. The van der Waals surface area contributed by atoms with E-state index in [4.69, 9.17) is 9.26 Å².